The summed E-state index contributed by atoms with van der Waals surface area (Å²) in [5, 5.41) is 14.4. The summed E-state index contributed by atoms with van der Waals surface area (Å²) >= 11 is 5.26. The van der Waals surface area contributed by atoms with Crippen molar-refractivity contribution in [3.05, 3.63) is 57.6 Å². The molecule has 0 saturated heterocycles. The van der Waals surface area contributed by atoms with Crippen molar-refractivity contribution in [2.24, 2.45) is 0 Å². The van der Waals surface area contributed by atoms with Crippen LogP contribution in [0.5, 0.6) is 0 Å². The lowest BCUT2D eigenvalue weighted by Gasteiger charge is -2.10. The van der Waals surface area contributed by atoms with Gasteiger partial charge in [-0.05, 0) is 57.5 Å². The molecule has 1 amide bonds. The summed E-state index contributed by atoms with van der Waals surface area (Å²) in [7, 11) is 0. The van der Waals surface area contributed by atoms with Crippen LogP contribution >= 0.6 is 12.2 Å². The van der Waals surface area contributed by atoms with E-state index in [0.29, 0.717) is 29.1 Å². The Morgan fingerprint density at radius 2 is 2.14 bits per heavy atom. The average molecular weight is 415 g/mol. The zero-order valence-electron chi connectivity index (χ0n) is 16.4. The highest BCUT2D eigenvalue weighted by Gasteiger charge is 2.27. The van der Waals surface area contributed by atoms with Gasteiger partial charge >= 0.3 is 0 Å². The van der Waals surface area contributed by atoms with Crippen LogP contribution in [0.3, 0.4) is 0 Å². The van der Waals surface area contributed by atoms with Gasteiger partial charge < -0.3 is 9.88 Å². The number of benzene rings is 1. The lowest BCUT2D eigenvalue weighted by atomic mass is 10.2. The molecule has 0 aliphatic heterocycles. The maximum Gasteiger partial charge on any atom is 0.272 e. The van der Waals surface area contributed by atoms with E-state index in [9.17, 15) is 9.18 Å². The van der Waals surface area contributed by atoms with Gasteiger partial charge in [0, 0.05) is 30.3 Å². The SMILES string of the molecule is CC(C)n1c(CCNC(=O)c2nn(-c3ccccc3F)c3c2CCC3)n[nH]c1=S. The van der Waals surface area contributed by atoms with Crippen LogP contribution in [0.15, 0.2) is 24.3 Å². The Hall–Kier alpha value is -2.81. The van der Waals surface area contributed by atoms with Crippen LogP contribution in [0.2, 0.25) is 0 Å². The molecule has 3 aromatic rings. The highest BCUT2D eigenvalue weighted by molar-refractivity contribution is 7.71. The smallest absolute Gasteiger partial charge is 0.272 e. The Balaban J connectivity index is 1.52. The predicted octanol–water partition coefficient (Wildman–Crippen LogP) is 3.31. The quantitative estimate of drug-likeness (QED) is 0.607. The van der Waals surface area contributed by atoms with Gasteiger partial charge in [0.2, 0.25) is 0 Å². The van der Waals surface area contributed by atoms with Crippen LogP contribution in [0.4, 0.5) is 4.39 Å². The lowest BCUT2D eigenvalue weighted by molar-refractivity contribution is 0.0947. The van der Waals surface area contributed by atoms with Crippen molar-refractivity contribution in [3.63, 3.8) is 0 Å². The molecule has 0 unspecified atom stereocenters. The van der Waals surface area contributed by atoms with E-state index in [2.05, 4.69) is 20.6 Å². The molecule has 0 saturated carbocycles. The number of para-hydroxylation sites is 1. The molecular weight excluding hydrogens is 391 g/mol. The first kappa shape index (κ1) is 19.5. The monoisotopic (exact) mass is 414 g/mol. The van der Waals surface area contributed by atoms with Crippen molar-refractivity contribution in [2.45, 2.75) is 45.6 Å². The van der Waals surface area contributed by atoms with E-state index >= 15 is 0 Å². The molecule has 7 nitrogen and oxygen atoms in total. The van der Waals surface area contributed by atoms with E-state index in [1.807, 2.05) is 18.4 Å². The minimum Gasteiger partial charge on any atom is -0.350 e. The third-order valence-electron chi connectivity index (χ3n) is 5.15. The number of aromatic amines is 1. The summed E-state index contributed by atoms with van der Waals surface area (Å²) < 4.78 is 18.4. The average Bonchev–Trinajstić information content (AvgIpc) is 3.37. The number of nitrogens with one attached hydrogen (secondary N) is 2. The number of hydrogen-bond donors (Lipinski definition) is 2. The number of H-pyrrole nitrogens is 1. The molecule has 2 heterocycles. The maximum absolute atomic E-state index is 14.3. The maximum atomic E-state index is 14.3. The van der Waals surface area contributed by atoms with Gasteiger partial charge in [-0.1, -0.05) is 12.1 Å². The van der Waals surface area contributed by atoms with E-state index < -0.39 is 0 Å². The summed E-state index contributed by atoms with van der Waals surface area (Å²) in [5.41, 5.74) is 2.58. The van der Waals surface area contributed by atoms with Crippen molar-refractivity contribution in [2.75, 3.05) is 6.54 Å². The number of carbonyl (C=O) groups is 1. The fourth-order valence-corrected chi connectivity index (χ4v) is 4.22. The number of carbonyl (C=O) groups excluding carboxylic acids is 1. The summed E-state index contributed by atoms with van der Waals surface area (Å²) in [6.45, 7) is 4.48. The zero-order valence-corrected chi connectivity index (χ0v) is 17.2. The summed E-state index contributed by atoms with van der Waals surface area (Å²) in [5.74, 6) is 0.198. The van der Waals surface area contributed by atoms with Crippen LogP contribution in [0.1, 0.15) is 53.9 Å². The molecule has 1 aromatic carbocycles. The number of hydrogen-bond acceptors (Lipinski definition) is 4. The van der Waals surface area contributed by atoms with Crippen LogP contribution in [-0.4, -0.2) is 37.0 Å². The number of nitrogens with zero attached hydrogens (tertiary/aromatic N) is 4. The second kappa shape index (κ2) is 7.90. The summed E-state index contributed by atoms with van der Waals surface area (Å²) in [6.07, 6.45) is 3.05. The molecule has 29 heavy (non-hydrogen) atoms. The number of halogens is 1. The van der Waals surface area contributed by atoms with Gasteiger partial charge in [-0.15, -0.1) is 0 Å². The molecule has 0 bridgehead atoms. The first-order valence-electron chi connectivity index (χ1n) is 9.77. The van der Waals surface area contributed by atoms with Gasteiger partial charge in [-0.3, -0.25) is 9.89 Å². The van der Waals surface area contributed by atoms with Crippen molar-refractivity contribution in [1.82, 2.24) is 29.9 Å². The molecule has 4 rings (SSSR count). The second-order valence-corrected chi connectivity index (χ2v) is 7.79. The number of aromatic nitrogens is 5. The number of rotatable bonds is 6. The van der Waals surface area contributed by atoms with Crippen LogP contribution < -0.4 is 5.32 Å². The summed E-state index contributed by atoms with van der Waals surface area (Å²) in [6, 6.07) is 6.67. The standard InChI is InChI=1S/C20H23FN6OS/c1-12(2)26-17(23-24-20(26)29)10-11-22-19(28)18-13-6-5-9-15(13)27(25-18)16-8-4-3-7-14(16)21/h3-4,7-8,12H,5-6,9-11H2,1-2H3,(H,22,28)(H,24,29). The minimum atomic E-state index is -0.354. The number of amides is 1. The fourth-order valence-electron chi connectivity index (χ4n) is 3.86. The fraction of sp³-hybridized carbons (Fsp3) is 0.400. The van der Waals surface area contributed by atoms with Crippen molar-refractivity contribution in [3.8, 4) is 5.69 Å². The van der Waals surface area contributed by atoms with Crippen molar-refractivity contribution < 1.29 is 9.18 Å². The van der Waals surface area contributed by atoms with Gasteiger partial charge in [-0.25, -0.2) is 9.07 Å². The van der Waals surface area contributed by atoms with Gasteiger partial charge in [0.15, 0.2) is 10.5 Å². The Bertz CT molecular complexity index is 1110. The van der Waals surface area contributed by atoms with Crippen LogP contribution in [0.25, 0.3) is 5.69 Å². The Kier molecular flexibility index (Phi) is 5.31. The largest absolute Gasteiger partial charge is 0.350 e. The lowest BCUT2D eigenvalue weighted by Crippen LogP contribution is -2.28. The number of fused-ring (bicyclic) bond motifs is 1. The van der Waals surface area contributed by atoms with Gasteiger partial charge in [-0.2, -0.15) is 10.2 Å². The van der Waals surface area contributed by atoms with E-state index in [1.165, 1.54) is 6.07 Å². The first-order valence-corrected chi connectivity index (χ1v) is 10.2. The molecule has 1 aliphatic rings. The zero-order chi connectivity index (χ0) is 20.5. The van der Waals surface area contributed by atoms with E-state index in [0.717, 1.165) is 36.3 Å². The van der Waals surface area contributed by atoms with E-state index in [1.54, 1.807) is 22.9 Å². The molecule has 0 radical (unpaired) electrons. The van der Waals surface area contributed by atoms with Crippen molar-refractivity contribution in [1.29, 1.82) is 0 Å². The minimum absolute atomic E-state index is 0.187. The van der Waals surface area contributed by atoms with E-state index in [-0.39, 0.29) is 17.8 Å². The van der Waals surface area contributed by atoms with Crippen LogP contribution in [0, 0.1) is 10.6 Å². The molecule has 0 fully saturated rings. The highest BCUT2D eigenvalue weighted by Crippen LogP contribution is 2.28. The molecule has 0 atom stereocenters. The molecule has 0 spiro atoms. The molecule has 2 aromatic heterocycles. The van der Waals surface area contributed by atoms with Crippen molar-refractivity contribution >= 4 is 18.1 Å². The van der Waals surface area contributed by atoms with Crippen LogP contribution in [-0.2, 0) is 19.3 Å². The van der Waals surface area contributed by atoms with Gasteiger partial charge in [0.05, 0.1) is 0 Å². The summed E-state index contributed by atoms with van der Waals surface area (Å²) in [4.78, 5) is 12.8. The Labute approximate surface area is 172 Å². The topological polar surface area (TPSA) is 80.5 Å². The third kappa shape index (κ3) is 3.62. The van der Waals surface area contributed by atoms with Gasteiger partial charge in [0.25, 0.3) is 5.91 Å². The Morgan fingerprint density at radius 1 is 1.34 bits per heavy atom. The van der Waals surface area contributed by atoms with E-state index in [4.69, 9.17) is 12.2 Å². The molecule has 1 aliphatic carbocycles. The molecule has 152 valence electrons. The highest BCUT2D eigenvalue weighted by atomic mass is 32.1. The third-order valence-corrected chi connectivity index (χ3v) is 5.44. The normalized spacial score (nSPS) is 13.1. The predicted molar refractivity (Wildman–Crippen MR) is 109 cm³/mol. The second-order valence-electron chi connectivity index (χ2n) is 7.41. The Morgan fingerprint density at radius 3 is 2.90 bits per heavy atom. The van der Waals surface area contributed by atoms with Gasteiger partial charge in [0.1, 0.15) is 17.3 Å². The molecular formula is C20H23FN6OS. The molecule has 2 N–H and O–H groups in total. The first-order chi connectivity index (χ1) is 14.0. The molecule has 9 heteroatoms.